The fourth-order valence-corrected chi connectivity index (χ4v) is 1.50. The Morgan fingerprint density at radius 1 is 1.46 bits per heavy atom. The Hall–Kier alpha value is -0.860. The minimum absolute atomic E-state index is 0.377. The van der Waals surface area contributed by atoms with E-state index in [1.54, 1.807) is 0 Å². The van der Waals surface area contributed by atoms with Crippen LogP contribution in [0.15, 0.2) is 24.3 Å². The lowest BCUT2D eigenvalue weighted by atomic mass is 10.1. The maximum atomic E-state index is 5.24. The molecule has 0 aromatic heterocycles. The van der Waals surface area contributed by atoms with E-state index in [2.05, 4.69) is 43.3 Å². The summed E-state index contributed by atoms with van der Waals surface area (Å²) < 4.78 is 5.24. The maximum Gasteiger partial charge on any atom is 0.106 e. The standard InChI is InChI=1S/C11H15NO/c1-12(2)7-9-4-3-5-10(6-9)11-8-13-11/h3-6,11H,7-8H2,1-2H3/t11-/m0/s1. The Balaban J connectivity index is 2.12. The summed E-state index contributed by atoms with van der Waals surface area (Å²) in [6.45, 7) is 1.89. The lowest BCUT2D eigenvalue weighted by molar-refractivity contribution is 0.400. The number of epoxide rings is 1. The minimum Gasteiger partial charge on any atom is -0.368 e. The van der Waals surface area contributed by atoms with Gasteiger partial charge < -0.3 is 9.64 Å². The van der Waals surface area contributed by atoms with Crippen molar-refractivity contribution in [3.05, 3.63) is 35.4 Å². The number of nitrogens with zero attached hydrogens (tertiary/aromatic N) is 1. The molecule has 0 amide bonds. The van der Waals surface area contributed by atoms with Crippen LogP contribution >= 0.6 is 0 Å². The normalized spacial score (nSPS) is 20.7. The highest BCUT2D eigenvalue weighted by atomic mass is 16.6. The van der Waals surface area contributed by atoms with Crippen molar-refractivity contribution >= 4 is 0 Å². The van der Waals surface area contributed by atoms with Crippen molar-refractivity contribution in [1.82, 2.24) is 4.90 Å². The Bertz CT molecular complexity index is 292. The molecule has 1 fully saturated rings. The molecule has 1 heterocycles. The van der Waals surface area contributed by atoms with Gasteiger partial charge in [-0.2, -0.15) is 0 Å². The van der Waals surface area contributed by atoms with Crippen molar-refractivity contribution in [2.75, 3.05) is 20.7 Å². The average molecular weight is 177 g/mol. The number of rotatable bonds is 3. The van der Waals surface area contributed by atoms with E-state index in [0.717, 1.165) is 13.2 Å². The monoisotopic (exact) mass is 177 g/mol. The Morgan fingerprint density at radius 3 is 2.85 bits per heavy atom. The molecule has 0 aliphatic carbocycles. The fourth-order valence-electron chi connectivity index (χ4n) is 1.50. The highest BCUT2D eigenvalue weighted by molar-refractivity contribution is 5.26. The molecule has 0 N–H and O–H groups in total. The van der Waals surface area contributed by atoms with Crippen LogP contribution in [0.5, 0.6) is 0 Å². The smallest absolute Gasteiger partial charge is 0.106 e. The molecule has 0 unspecified atom stereocenters. The molecule has 13 heavy (non-hydrogen) atoms. The van der Waals surface area contributed by atoms with Gasteiger partial charge in [-0.1, -0.05) is 24.3 Å². The van der Waals surface area contributed by atoms with Crippen LogP contribution in [-0.4, -0.2) is 25.6 Å². The third kappa shape index (κ3) is 2.29. The molecule has 1 aliphatic rings. The van der Waals surface area contributed by atoms with E-state index >= 15 is 0 Å². The second-order valence-electron chi connectivity index (χ2n) is 3.80. The summed E-state index contributed by atoms with van der Waals surface area (Å²) in [7, 11) is 4.17. The Morgan fingerprint density at radius 2 is 2.23 bits per heavy atom. The van der Waals surface area contributed by atoms with Gasteiger partial charge in [-0.25, -0.2) is 0 Å². The van der Waals surface area contributed by atoms with Gasteiger partial charge in [0.05, 0.1) is 6.61 Å². The van der Waals surface area contributed by atoms with Crippen LogP contribution in [0.25, 0.3) is 0 Å². The van der Waals surface area contributed by atoms with Gasteiger partial charge >= 0.3 is 0 Å². The summed E-state index contributed by atoms with van der Waals surface area (Å²) in [5.41, 5.74) is 2.68. The first-order valence-electron chi connectivity index (χ1n) is 4.61. The molecular formula is C11H15NO. The molecule has 1 aliphatic heterocycles. The van der Waals surface area contributed by atoms with Crippen LogP contribution in [0.3, 0.4) is 0 Å². The average Bonchev–Trinajstić information content (AvgIpc) is 2.85. The minimum atomic E-state index is 0.377. The van der Waals surface area contributed by atoms with Crippen molar-refractivity contribution in [2.24, 2.45) is 0 Å². The first-order valence-corrected chi connectivity index (χ1v) is 4.61. The highest BCUT2D eigenvalue weighted by Crippen LogP contribution is 2.29. The van der Waals surface area contributed by atoms with E-state index < -0.39 is 0 Å². The summed E-state index contributed by atoms with van der Waals surface area (Å²) in [5.74, 6) is 0. The van der Waals surface area contributed by atoms with Crippen LogP contribution in [-0.2, 0) is 11.3 Å². The van der Waals surface area contributed by atoms with Crippen molar-refractivity contribution < 1.29 is 4.74 Å². The molecule has 2 rings (SSSR count). The molecule has 0 bridgehead atoms. The predicted octanol–water partition coefficient (Wildman–Crippen LogP) is 1.82. The zero-order chi connectivity index (χ0) is 9.26. The van der Waals surface area contributed by atoms with Gasteiger partial charge in [-0.15, -0.1) is 0 Å². The van der Waals surface area contributed by atoms with Crippen molar-refractivity contribution in [3.8, 4) is 0 Å². The van der Waals surface area contributed by atoms with E-state index in [9.17, 15) is 0 Å². The number of ether oxygens (including phenoxy) is 1. The fraction of sp³-hybridized carbons (Fsp3) is 0.455. The van der Waals surface area contributed by atoms with Crippen molar-refractivity contribution in [1.29, 1.82) is 0 Å². The van der Waals surface area contributed by atoms with Crippen LogP contribution < -0.4 is 0 Å². The van der Waals surface area contributed by atoms with Crippen LogP contribution in [0, 0.1) is 0 Å². The summed E-state index contributed by atoms with van der Waals surface area (Å²) in [6.07, 6.45) is 0.377. The van der Waals surface area contributed by atoms with Gasteiger partial charge in [0, 0.05) is 6.54 Å². The van der Waals surface area contributed by atoms with Crippen molar-refractivity contribution in [2.45, 2.75) is 12.6 Å². The molecule has 1 atom stereocenters. The number of benzene rings is 1. The largest absolute Gasteiger partial charge is 0.368 e. The lowest BCUT2D eigenvalue weighted by Crippen LogP contribution is -2.10. The van der Waals surface area contributed by atoms with Gasteiger partial charge in [0.15, 0.2) is 0 Å². The van der Waals surface area contributed by atoms with Crippen molar-refractivity contribution in [3.63, 3.8) is 0 Å². The number of hydrogen-bond donors (Lipinski definition) is 0. The molecule has 0 spiro atoms. The summed E-state index contributed by atoms with van der Waals surface area (Å²) in [4.78, 5) is 2.17. The van der Waals surface area contributed by atoms with Gasteiger partial charge in [0.1, 0.15) is 6.10 Å². The molecule has 0 saturated carbocycles. The molecule has 2 nitrogen and oxygen atoms in total. The van der Waals surface area contributed by atoms with E-state index in [4.69, 9.17) is 4.74 Å². The molecule has 1 saturated heterocycles. The second kappa shape index (κ2) is 3.48. The van der Waals surface area contributed by atoms with Crippen LogP contribution in [0.2, 0.25) is 0 Å². The SMILES string of the molecule is CN(C)Cc1cccc([C@@H]2CO2)c1. The lowest BCUT2D eigenvalue weighted by Gasteiger charge is -2.09. The topological polar surface area (TPSA) is 15.8 Å². The molecule has 0 radical (unpaired) electrons. The summed E-state index contributed by atoms with van der Waals surface area (Å²) >= 11 is 0. The highest BCUT2D eigenvalue weighted by Gasteiger charge is 2.24. The quantitative estimate of drug-likeness (QED) is 0.654. The Kier molecular flexibility index (Phi) is 2.34. The Labute approximate surface area is 79.1 Å². The first kappa shape index (κ1) is 8.73. The zero-order valence-electron chi connectivity index (χ0n) is 8.16. The third-order valence-electron chi connectivity index (χ3n) is 2.15. The van der Waals surface area contributed by atoms with Crippen LogP contribution in [0.1, 0.15) is 17.2 Å². The molecular weight excluding hydrogens is 162 g/mol. The molecule has 1 aromatic carbocycles. The van der Waals surface area contributed by atoms with Gasteiger partial charge in [0.2, 0.25) is 0 Å². The molecule has 70 valence electrons. The van der Waals surface area contributed by atoms with E-state index in [0.29, 0.717) is 6.10 Å². The van der Waals surface area contributed by atoms with E-state index in [1.165, 1.54) is 11.1 Å². The van der Waals surface area contributed by atoms with E-state index in [1.807, 2.05) is 0 Å². The van der Waals surface area contributed by atoms with Gasteiger partial charge in [-0.05, 0) is 25.2 Å². The molecule has 1 aromatic rings. The summed E-state index contributed by atoms with van der Waals surface area (Å²) in [5, 5.41) is 0. The number of hydrogen-bond acceptors (Lipinski definition) is 2. The second-order valence-corrected chi connectivity index (χ2v) is 3.80. The summed E-state index contributed by atoms with van der Waals surface area (Å²) in [6, 6.07) is 8.64. The maximum absolute atomic E-state index is 5.24. The predicted molar refractivity (Wildman–Crippen MR) is 52.5 cm³/mol. The third-order valence-corrected chi connectivity index (χ3v) is 2.15. The van der Waals surface area contributed by atoms with Gasteiger partial charge in [-0.3, -0.25) is 0 Å². The zero-order valence-corrected chi connectivity index (χ0v) is 8.16. The van der Waals surface area contributed by atoms with E-state index in [-0.39, 0.29) is 0 Å². The van der Waals surface area contributed by atoms with Crippen LogP contribution in [0.4, 0.5) is 0 Å². The van der Waals surface area contributed by atoms with Gasteiger partial charge in [0.25, 0.3) is 0 Å². The first-order chi connectivity index (χ1) is 6.25. The molecule has 2 heteroatoms.